The van der Waals surface area contributed by atoms with E-state index < -0.39 is 39.3 Å². The maximum Gasteiger partial charge on any atom is 0.578 e. The Kier molecular flexibility index (Phi) is 4.91. The first-order chi connectivity index (χ1) is 12.0. The SMILES string of the molecule is CC1(C)Oc2ccc([S+]([O-])C(F)(F)F)cc2[C@@H](N2CCCCC2=O)[C@@H]1O. The van der Waals surface area contributed by atoms with Crippen LogP contribution in [0.4, 0.5) is 13.2 Å². The summed E-state index contributed by atoms with van der Waals surface area (Å²) in [5, 5.41) is 10.8. The van der Waals surface area contributed by atoms with Crippen LogP contribution in [-0.4, -0.2) is 44.2 Å². The van der Waals surface area contributed by atoms with Crippen molar-refractivity contribution in [1.29, 1.82) is 0 Å². The quantitative estimate of drug-likeness (QED) is 0.787. The molecule has 0 bridgehead atoms. The number of carbonyl (C=O) groups excluding carboxylic acids is 1. The van der Waals surface area contributed by atoms with Gasteiger partial charge >= 0.3 is 5.51 Å². The summed E-state index contributed by atoms with van der Waals surface area (Å²) in [5.74, 6) is 0.123. The van der Waals surface area contributed by atoms with Crippen LogP contribution in [0.2, 0.25) is 0 Å². The van der Waals surface area contributed by atoms with Crippen LogP contribution in [0.3, 0.4) is 0 Å². The number of carbonyl (C=O) groups is 1. The van der Waals surface area contributed by atoms with Crippen molar-refractivity contribution in [3.63, 3.8) is 0 Å². The third kappa shape index (κ3) is 3.39. The fraction of sp³-hybridized carbons (Fsp3) is 0.588. The van der Waals surface area contributed by atoms with Crippen LogP contribution in [-0.2, 0) is 16.0 Å². The van der Waals surface area contributed by atoms with Crippen molar-refractivity contribution in [1.82, 2.24) is 4.90 Å². The molecule has 0 aromatic heterocycles. The molecule has 144 valence electrons. The van der Waals surface area contributed by atoms with E-state index in [2.05, 4.69) is 0 Å². The van der Waals surface area contributed by atoms with Gasteiger partial charge in [0.05, 0.1) is 17.2 Å². The molecular weight excluding hydrogens is 371 g/mol. The Labute approximate surface area is 152 Å². The zero-order chi connectivity index (χ0) is 19.3. The van der Waals surface area contributed by atoms with Crippen molar-refractivity contribution < 1.29 is 32.4 Å². The van der Waals surface area contributed by atoms with Crippen LogP contribution in [0.1, 0.15) is 44.7 Å². The maximum absolute atomic E-state index is 12.8. The lowest BCUT2D eigenvalue weighted by molar-refractivity contribution is -0.147. The summed E-state index contributed by atoms with van der Waals surface area (Å²) in [6.07, 6.45) is 0.684. The number of aliphatic hydroxyl groups is 1. The van der Waals surface area contributed by atoms with Gasteiger partial charge in [0.15, 0.2) is 4.90 Å². The molecule has 2 aliphatic heterocycles. The number of rotatable bonds is 2. The van der Waals surface area contributed by atoms with Gasteiger partial charge in [-0.05, 0) is 38.8 Å². The number of nitrogens with zero attached hydrogens (tertiary/aromatic N) is 1. The molecule has 3 atom stereocenters. The molecule has 1 aromatic carbocycles. The Balaban J connectivity index is 2.08. The standard InChI is InChI=1S/C17H20F3NO4S/c1-16(2)15(23)14(21-8-4-3-5-13(21)22)11-9-10(6-7-12(11)25-16)26(24)17(18,19)20/h6-7,9,14-15,23H,3-5,8H2,1-2H3/t14-,15+,26?/m1/s1. The molecule has 1 amide bonds. The largest absolute Gasteiger partial charge is 0.604 e. The first kappa shape index (κ1) is 19.3. The molecule has 9 heteroatoms. The molecule has 1 saturated heterocycles. The molecule has 1 aromatic rings. The summed E-state index contributed by atoms with van der Waals surface area (Å²) in [6, 6.07) is 2.71. The number of amides is 1. The van der Waals surface area contributed by atoms with E-state index in [1.54, 1.807) is 13.8 Å². The van der Waals surface area contributed by atoms with E-state index >= 15 is 0 Å². The summed E-state index contributed by atoms with van der Waals surface area (Å²) in [4.78, 5) is 13.4. The third-order valence-electron chi connectivity index (χ3n) is 4.80. The van der Waals surface area contributed by atoms with Crippen LogP contribution in [0.25, 0.3) is 0 Å². The van der Waals surface area contributed by atoms with E-state index in [1.807, 2.05) is 0 Å². The molecule has 0 radical (unpaired) electrons. The number of hydrogen-bond acceptors (Lipinski definition) is 4. The van der Waals surface area contributed by atoms with Crippen molar-refractivity contribution in [2.45, 2.75) is 61.3 Å². The zero-order valence-electron chi connectivity index (χ0n) is 14.4. The van der Waals surface area contributed by atoms with Crippen molar-refractivity contribution in [2.24, 2.45) is 0 Å². The van der Waals surface area contributed by atoms with E-state index in [4.69, 9.17) is 4.74 Å². The van der Waals surface area contributed by atoms with Crippen LogP contribution >= 0.6 is 0 Å². The number of benzene rings is 1. The van der Waals surface area contributed by atoms with Crippen LogP contribution in [0.5, 0.6) is 5.75 Å². The Morgan fingerprint density at radius 3 is 2.65 bits per heavy atom. The Morgan fingerprint density at radius 2 is 2.04 bits per heavy atom. The fourth-order valence-electron chi connectivity index (χ4n) is 3.45. The molecule has 0 spiro atoms. The van der Waals surface area contributed by atoms with E-state index in [-0.39, 0.29) is 17.2 Å². The molecule has 26 heavy (non-hydrogen) atoms. The van der Waals surface area contributed by atoms with Gasteiger partial charge < -0.3 is 19.3 Å². The normalized spacial score (nSPS) is 26.9. The minimum Gasteiger partial charge on any atom is -0.604 e. The van der Waals surface area contributed by atoms with Gasteiger partial charge in [-0.25, -0.2) is 0 Å². The number of ether oxygens (including phenoxy) is 1. The number of fused-ring (bicyclic) bond motifs is 1. The summed E-state index contributed by atoms with van der Waals surface area (Å²) in [6.45, 7) is 3.72. The maximum atomic E-state index is 12.8. The van der Waals surface area contributed by atoms with E-state index in [1.165, 1.54) is 11.0 Å². The van der Waals surface area contributed by atoms with Crippen LogP contribution in [0, 0.1) is 0 Å². The predicted octanol–water partition coefficient (Wildman–Crippen LogP) is 2.90. The van der Waals surface area contributed by atoms with Gasteiger partial charge in [0.1, 0.15) is 17.5 Å². The van der Waals surface area contributed by atoms with E-state index in [0.29, 0.717) is 13.0 Å². The second-order valence-electron chi connectivity index (χ2n) is 7.05. The number of hydrogen-bond donors (Lipinski definition) is 1. The van der Waals surface area contributed by atoms with E-state index in [9.17, 15) is 27.6 Å². The lowest BCUT2D eigenvalue weighted by Gasteiger charge is -2.47. The van der Waals surface area contributed by atoms with Crippen LogP contribution < -0.4 is 4.74 Å². The first-order valence-corrected chi connectivity index (χ1v) is 9.46. The summed E-state index contributed by atoms with van der Waals surface area (Å²) >= 11 is -3.20. The van der Waals surface area contributed by atoms with Crippen molar-refractivity contribution >= 4 is 17.1 Å². The van der Waals surface area contributed by atoms with Crippen molar-refractivity contribution in [2.75, 3.05) is 6.54 Å². The van der Waals surface area contributed by atoms with Gasteiger partial charge in [-0.3, -0.25) is 4.79 Å². The van der Waals surface area contributed by atoms with Gasteiger partial charge in [0.2, 0.25) is 5.91 Å². The molecule has 2 heterocycles. The topological polar surface area (TPSA) is 72.8 Å². The van der Waals surface area contributed by atoms with Gasteiger partial charge in [-0.2, -0.15) is 0 Å². The highest BCUT2D eigenvalue weighted by atomic mass is 32.2. The Hall–Kier alpha value is -1.45. The second kappa shape index (κ2) is 6.61. The molecule has 1 fully saturated rings. The average Bonchev–Trinajstić information content (AvgIpc) is 2.55. The minimum atomic E-state index is -4.89. The number of alkyl halides is 3. The van der Waals surface area contributed by atoms with Gasteiger partial charge in [0, 0.05) is 24.6 Å². The van der Waals surface area contributed by atoms with Crippen LogP contribution in [0.15, 0.2) is 23.1 Å². The van der Waals surface area contributed by atoms with Gasteiger partial charge in [-0.1, -0.05) is 0 Å². The second-order valence-corrected chi connectivity index (χ2v) is 8.53. The third-order valence-corrected chi connectivity index (χ3v) is 5.91. The minimum absolute atomic E-state index is 0.161. The monoisotopic (exact) mass is 391 g/mol. The highest BCUT2D eigenvalue weighted by molar-refractivity contribution is 7.92. The van der Waals surface area contributed by atoms with Gasteiger partial charge in [-0.15, -0.1) is 13.2 Å². The number of aliphatic hydroxyl groups excluding tert-OH is 1. The summed E-state index contributed by atoms with van der Waals surface area (Å²) < 4.78 is 56.0. The van der Waals surface area contributed by atoms with Crippen molar-refractivity contribution in [3.05, 3.63) is 23.8 Å². The molecule has 0 aliphatic carbocycles. The Bertz CT molecular complexity index is 710. The predicted molar refractivity (Wildman–Crippen MR) is 87.9 cm³/mol. The van der Waals surface area contributed by atoms with Crippen molar-refractivity contribution in [3.8, 4) is 5.75 Å². The average molecular weight is 391 g/mol. The molecule has 3 rings (SSSR count). The lowest BCUT2D eigenvalue weighted by Crippen LogP contribution is -2.55. The smallest absolute Gasteiger partial charge is 0.578 e. The van der Waals surface area contributed by atoms with E-state index in [0.717, 1.165) is 25.0 Å². The fourth-order valence-corrected chi connectivity index (χ4v) is 4.15. The lowest BCUT2D eigenvalue weighted by atomic mass is 9.84. The molecule has 1 N–H and O–H groups in total. The summed E-state index contributed by atoms with van der Waals surface area (Å²) in [5.41, 5.74) is -5.67. The van der Waals surface area contributed by atoms with Gasteiger partial charge in [0.25, 0.3) is 0 Å². The molecule has 0 saturated carbocycles. The molecule has 1 unspecified atom stereocenters. The number of halogens is 3. The highest BCUT2D eigenvalue weighted by Crippen LogP contribution is 2.45. The number of likely N-dealkylation sites (tertiary alicyclic amines) is 1. The number of piperidine rings is 1. The Morgan fingerprint density at radius 1 is 1.35 bits per heavy atom. The molecule has 5 nitrogen and oxygen atoms in total. The molecular formula is C17H20F3NO4S. The first-order valence-electron chi connectivity index (χ1n) is 8.31. The highest BCUT2D eigenvalue weighted by Gasteiger charge is 2.50. The molecule has 2 aliphatic rings. The summed E-state index contributed by atoms with van der Waals surface area (Å²) in [7, 11) is 0. The zero-order valence-corrected chi connectivity index (χ0v) is 15.2.